The Kier molecular flexibility index (Phi) is 3.89. The molecule has 106 valence electrons. The van der Waals surface area contributed by atoms with Crippen LogP contribution in [0, 0.1) is 0 Å². The summed E-state index contributed by atoms with van der Waals surface area (Å²) in [6.45, 7) is 0.523. The van der Waals surface area contributed by atoms with E-state index in [-0.39, 0.29) is 0 Å². The third-order valence-corrected chi connectivity index (χ3v) is 3.90. The molecule has 6 heteroatoms. The van der Waals surface area contributed by atoms with Crippen molar-refractivity contribution in [2.45, 2.75) is 6.54 Å². The predicted octanol–water partition coefficient (Wildman–Crippen LogP) is 2.73. The standard InChI is InChI=1S/C15H14N4OS/c1-20-14-6-5-12(18-19-14)15-17-13(9-21-15)11-4-2-3-10(7-11)8-16/h2-7,9H,8,16H2,1H3. The molecule has 3 rings (SSSR count). The second-order valence-electron chi connectivity index (χ2n) is 4.40. The SMILES string of the molecule is COc1ccc(-c2nc(-c3cccc(CN)c3)cs2)nn1. The highest BCUT2D eigenvalue weighted by molar-refractivity contribution is 7.13. The van der Waals surface area contributed by atoms with Crippen LogP contribution in [0.5, 0.6) is 5.88 Å². The van der Waals surface area contributed by atoms with Crippen LogP contribution in [0.15, 0.2) is 41.8 Å². The second-order valence-corrected chi connectivity index (χ2v) is 5.26. The zero-order chi connectivity index (χ0) is 14.7. The van der Waals surface area contributed by atoms with Crippen LogP contribution in [0.2, 0.25) is 0 Å². The van der Waals surface area contributed by atoms with E-state index in [0.29, 0.717) is 12.4 Å². The van der Waals surface area contributed by atoms with Crippen molar-refractivity contribution in [1.29, 1.82) is 0 Å². The molecule has 0 aliphatic heterocycles. The molecule has 5 nitrogen and oxygen atoms in total. The molecule has 2 aromatic heterocycles. The molecule has 0 saturated heterocycles. The van der Waals surface area contributed by atoms with Crippen LogP contribution >= 0.6 is 11.3 Å². The van der Waals surface area contributed by atoms with Crippen molar-refractivity contribution in [1.82, 2.24) is 15.2 Å². The largest absolute Gasteiger partial charge is 0.480 e. The van der Waals surface area contributed by atoms with E-state index >= 15 is 0 Å². The van der Waals surface area contributed by atoms with Crippen LogP contribution in [0.3, 0.4) is 0 Å². The Balaban J connectivity index is 1.91. The van der Waals surface area contributed by atoms with Crippen molar-refractivity contribution in [3.8, 4) is 27.8 Å². The Hall–Kier alpha value is -2.31. The Labute approximate surface area is 126 Å². The smallest absolute Gasteiger partial charge is 0.233 e. The summed E-state index contributed by atoms with van der Waals surface area (Å²) in [5.41, 5.74) is 9.48. The number of aromatic nitrogens is 3. The van der Waals surface area contributed by atoms with E-state index in [4.69, 9.17) is 10.5 Å². The van der Waals surface area contributed by atoms with E-state index < -0.39 is 0 Å². The third kappa shape index (κ3) is 2.91. The molecule has 0 atom stereocenters. The average Bonchev–Trinajstić information content (AvgIpc) is 3.05. The fourth-order valence-corrected chi connectivity index (χ4v) is 2.72. The van der Waals surface area contributed by atoms with E-state index in [1.807, 2.05) is 29.6 Å². The van der Waals surface area contributed by atoms with Crippen molar-refractivity contribution in [2.24, 2.45) is 5.73 Å². The average molecular weight is 298 g/mol. The van der Waals surface area contributed by atoms with Crippen LogP contribution in [0.1, 0.15) is 5.56 Å². The molecule has 0 aliphatic carbocycles. The molecular weight excluding hydrogens is 284 g/mol. The molecule has 21 heavy (non-hydrogen) atoms. The van der Waals surface area contributed by atoms with Crippen molar-refractivity contribution in [2.75, 3.05) is 7.11 Å². The minimum absolute atomic E-state index is 0.492. The quantitative estimate of drug-likeness (QED) is 0.801. The maximum atomic E-state index is 5.67. The minimum Gasteiger partial charge on any atom is -0.480 e. The van der Waals surface area contributed by atoms with Gasteiger partial charge in [0.1, 0.15) is 10.7 Å². The molecular formula is C15H14N4OS. The van der Waals surface area contributed by atoms with Crippen LogP contribution < -0.4 is 10.5 Å². The lowest BCUT2D eigenvalue weighted by Gasteiger charge is -2.00. The maximum absolute atomic E-state index is 5.67. The van der Waals surface area contributed by atoms with Gasteiger partial charge < -0.3 is 10.5 Å². The molecule has 0 radical (unpaired) electrons. The van der Waals surface area contributed by atoms with E-state index in [1.165, 1.54) is 11.3 Å². The highest BCUT2D eigenvalue weighted by atomic mass is 32.1. The number of thiazole rings is 1. The summed E-state index contributed by atoms with van der Waals surface area (Å²) in [5.74, 6) is 0.492. The first kappa shape index (κ1) is 13.7. The van der Waals surface area contributed by atoms with Crippen LogP contribution in [-0.4, -0.2) is 22.3 Å². The molecule has 0 aliphatic rings. The Morgan fingerprint density at radius 3 is 2.76 bits per heavy atom. The van der Waals surface area contributed by atoms with Crippen molar-refractivity contribution in [3.05, 3.63) is 47.3 Å². The summed E-state index contributed by atoms with van der Waals surface area (Å²) in [7, 11) is 1.57. The Morgan fingerprint density at radius 1 is 1.14 bits per heavy atom. The fraction of sp³-hybridized carbons (Fsp3) is 0.133. The Bertz CT molecular complexity index is 739. The zero-order valence-electron chi connectivity index (χ0n) is 11.5. The van der Waals surface area contributed by atoms with Gasteiger partial charge in [0.05, 0.1) is 12.8 Å². The lowest BCUT2D eigenvalue weighted by molar-refractivity contribution is 0.392. The minimum atomic E-state index is 0.492. The third-order valence-electron chi connectivity index (χ3n) is 3.03. The molecule has 0 unspecified atom stereocenters. The number of methoxy groups -OCH3 is 1. The van der Waals surface area contributed by atoms with Gasteiger partial charge in [-0.1, -0.05) is 18.2 Å². The second kappa shape index (κ2) is 5.99. The van der Waals surface area contributed by atoms with Gasteiger partial charge in [0.25, 0.3) is 0 Å². The van der Waals surface area contributed by atoms with Gasteiger partial charge in [-0.05, 0) is 17.7 Å². The van der Waals surface area contributed by atoms with Crippen molar-refractivity contribution in [3.63, 3.8) is 0 Å². The van der Waals surface area contributed by atoms with Gasteiger partial charge >= 0.3 is 0 Å². The molecule has 0 bridgehead atoms. The summed E-state index contributed by atoms with van der Waals surface area (Å²) in [5, 5.41) is 10.9. The topological polar surface area (TPSA) is 73.9 Å². The first-order valence-corrected chi connectivity index (χ1v) is 7.31. The molecule has 0 spiro atoms. The number of hydrogen-bond acceptors (Lipinski definition) is 6. The monoisotopic (exact) mass is 298 g/mol. The summed E-state index contributed by atoms with van der Waals surface area (Å²) in [6, 6.07) is 11.7. The molecule has 0 amide bonds. The predicted molar refractivity (Wildman–Crippen MR) is 83.0 cm³/mol. The highest BCUT2D eigenvalue weighted by Crippen LogP contribution is 2.28. The highest BCUT2D eigenvalue weighted by Gasteiger charge is 2.09. The summed E-state index contributed by atoms with van der Waals surface area (Å²) < 4.78 is 5.00. The molecule has 2 heterocycles. The van der Waals surface area contributed by atoms with Gasteiger partial charge in [0.2, 0.25) is 5.88 Å². The number of hydrogen-bond donors (Lipinski definition) is 1. The number of nitrogens with two attached hydrogens (primary N) is 1. The Morgan fingerprint density at radius 2 is 2.05 bits per heavy atom. The fourth-order valence-electron chi connectivity index (χ4n) is 1.92. The van der Waals surface area contributed by atoms with Gasteiger partial charge in [-0.15, -0.1) is 21.5 Å². The van der Waals surface area contributed by atoms with Gasteiger partial charge in [0.15, 0.2) is 0 Å². The van der Waals surface area contributed by atoms with Crippen molar-refractivity contribution >= 4 is 11.3 Å². The molecule has 2 N–H and O–H groups in total. The number of benzene rings is 1. The summed E-state index contributed by atoms with van der Waals surface area (Å²) in [6.07, 6.45) is 0. The normalized spacial score (nSPS) is 10.6. The first-order valence-electron chi connectivity index (χ1n) is 6.43. The lowest BCUT2D eigenvalue weighted by atomic mass is 10.1. The van der Waals surface area contributed by atoms with E-state index in [0.717, 1.165) is 27.5 Å². The van der Waals surface area contributed by atoms with Crippen LogP contribution in [-0.2, 0) is 6.54 Å². The summed E-state index contributed by atoms with van der Waals surface area (Å²) >= 11 is 1.54. The van der Waals surface area contributed by atoms with Crippen molar-refractivity contribution < 1.29 is 4.74 Å². The number of rotatable bonds is 4. The van der Waals surface area contributed by atoms with Gasteiger partial charge in [-0.3, -0.25) is 0 Å². The zero-order valence-corrected chi connectivity index (χ0v) is 12.3. The van der Waals surface area contributed by atoms with Crippen LogP contribution in [0.25, 0.3) is 22.0 Å². The number of nitrogens with zero attached hydrogens (tertiary/aromatic N) is 3. The number of ether oxygens (including phenoxy) is 1. The first-order chi connectivity index (χ1) is 10.3. The maximum Gasteiger partial charge on any atom is 0.233 e. The lowest BCUT2D eigenvalue weighted by Crippen LogP contribution is -1.95. The van der Waals surface area contributed by atoms with Crippen LogP contribution in [0.4, 0.5) is 0 Å². The van der Waals surface area contributed by atoms with E-state index in [9.17, 15) is 0 Å². The van der Waals surface area contributed by atoms with Gasteiger partial charge in [-0.25, -0.2) is 4.98 Å². The molecule has 0 fully saturated rings. The van der Waals surface area contributed by atoms with Gasteiger partial charge in [-0.2, -0.15) is 0 Å². The van der Waals surface area contributed by atoms with E-state index in [1.54, 1.807) is 13.2 Å². The van der Waals surface area contributed by atoms with E-state index in [2.05, 4.69) is 21.2 Å². The molecule has 1 aromatic carbocycles. The molecule has 0 saturated carbocycles. The summed E-state index contributed by atoms with van der Waals surface area (Å²) in [4.78, 5) is 4.62. The van der Waals surface area contributed by atoms with Gasteiger partial charge in [0, 0.05) is 23.6 Å². The molecule has 3 aromatic rings.